The van der Waals surface area contributed by atoms with Crippen LogP contribution in [0.3, 0.4) is 0 Å². The maximum atomic E-state index is 6.14. The van der Waals surface area contributed by atoms with Crippen molar-refractivity contribution >= 4 is 5.82 Å². The Morgan fingerprint density at radius 3 is 2.79 bits per heavy atom. The highest BCUT2D eigenvalue weighted by Gasteiger charge is 2.15. The summed E-state index contributed by atoms with van der Waals surface area (Å²) in [6.07, 6.45) is 9.55. The molecule has 0 atom stereocenters. The van der Waals surface area contributed by atoms with Crippen LogP contribution in [-0.4, -0.2) is 14.8 Å². The predicted molar refractivity (Wildman–Crippen MR) is 78.7 cm³/mol. The zero-order valence-electron chi connectivity index (χ0n) is 11.8. The molecule has 0 radical (unpaired) electrons. The van der Waals surface area contributed by atoms with E-state index in [1.54, 1.807) is 10.9 Å². The van der Waals surface area contributed by atoms with Gasteiger partial charge in [-0.15, -0.1) is 0 Å². The highest BCUT2D eigenvalue weighted by molar-refractivity contribution is 5.76. The molecule has 2 aromatic heterocycles. The number of aryl methyl sites for hydroxylation is 2. The molecule has 2 aromatic rings. The number of aromatic nitrogens is 3. The number of rotatable bonds is 6. The Bertz CT molecular complexity index is 516. The summed E-state index contributed by atoms with van der Waals surface area (Å²) in [6, 6.07) is 3.97. The molecule has 0 aromatic carbocycles. The molecule has 2 heterocycles. The van der Waals surface area contributed by atoms with Crippen molar-refractivity contribution in [3.8, 4) is 11.1 Å². The van der Waals surface area contributed by atoms with Crippen molar-refractivity contribution in [2.75, 3.05) is 5.73 Å². The van der Waals surface area contributed by atoms with Crippen LogP contribution in [0.1, 0.15) is 38.3 Å². The van der Waals surface area contributed by atoms with Crippen molar-refractivity contribution in [3.63, 3.8) is 0 Å². The van der Waals surface area contributed by atoms with Crippen molar-refractivity contribution in [2.45, 2.75) is 39.0 Å². The zero-order valence-corrected chi connectivity index (χ0v) is 11.8. The minimum absolute atomic E-state index is 0.721. The van der Waals surface area contributed by atoms with Gasteiger partial charge in [0.15, 0.2) is 0 Å². The lowest BCUT2D eigenvalue weighted by Gasteiger charge is -2.03. The second kappa shape index (κ2) is 6.36. The molecule has 19 heavy (non-hydrogen) atoms. The summed E-state index contributed by atoms with van der Waals surface area (Å²) in [5, 5.41) is 4.55. The topological polar surface area (TPSA) is 56.7 Å². The smallest absolute Gasteiger partial charge is 0.129 e. The van der Waals surface area contributed by atoms with E-state index in [1.165, 1.54) is 19.3 Å². The van der Waals surface area contributed by atoms with Crippen LogP contribution in [0.2, 0.25) is 0 Å². The number of pyridine rings is 1. The second-order valence-electron chi connectivity index (χ2n) is 4.88. The lowest BCUT2D eigenvalue weighted by Crippen LogP contribution is -1.98. The Morgan fingerprint density at radius 1 is 1.26 bits per heavy atom. The van der Waals surface area contributed by atoms with Gasteiger partial charge in [0.05, 0.1) is 5.69 Å². The van der Waals surface area contributed by atoms with Crippen LogP contribution in [0.5, 0.6) is 0 Å². The molecule has 0 aliphatic carbocycles. The van der Waals surface area contributed by atoms with E-state index in [4.69, 9.17) is 5.73 Å². The fourth-order valence-corrected chi connectivity index (χ4v) is 2.31. The van der Waals surface area contributed by atoms with Gasteiger partial charge in [-0.1, -0.05) is 32.3 Å². The number of unbranched alkanes of at least 4 members (excludes halogenated alkanes) is 3. The number of hydrogen-bond donors (Lipinski definition) is 1. The van der Waals surface area contributed by atoms with E-state index < -0.39 is 0 Å². The number of hydrogen-bond acceptors (Lipinski definition) is 3. The van der Waals surface area contributed by atoms with Gasteiger partial charge in [0, 0.05) is 30.6 Å². The molecular weight excluding hydrogens is 236 g/mol. The van der Waals surface area contributed by atoms with E-state index in [1.807, 2.05) is 25.4 Å². The first kappa shape index (κ1) is 13.6. The predicted octanol–water partition coefficient (Wildman–Crippen LogP) is 3.19. The van der Waals surface area contributed by atoms with Gasteiger partial charge in [0.1, 0.15) is 5.82 Å². The van der Waals surface area contributed by atoms with Crippen LogP contribution in [0.4, 0.5) is 5.82 Å². The summed E-state index contributed by atoms with van der Waals surface area (Å²) in [4.78, 5) is 4.17. The van der Waals surface area contributed by atoms with Crippen molar-refractivity contribution in [1.29, 1.82) is 0 Å². The Labute approximate surface area is 114 Å². The van der Waals surface area contributed by atoms with Crippen LogP contribution < -0.4 is 5.73 Å². The number of anilines is 1. The quantitative estimate of drug-likeness (QED) is 0.809. The maximum Gasteiger partial charge on any atom is 0.129 e. The van der Waals surface area contributed by atoms with E-state index >= 15 is 0 Å². The molecule has 0 aliphatic heterocycles. The summed E-state index contributed by atoms with van der Waals surface area (Å²) >= 11 is 0. The second-order valence-corrected chi connectivity index (χ2v) is 4.88. The lowest BCUT2D eigenvalue weighted by molar-refractivity contribution is 0.651. The molecule has 4 heteroatoms. The summed E-state index contributed by atoms with van der Waals surface area (Å²) in [5.74, 6) is 0.721. The first-order valence-electron chi connectivity index (χ1n) is 6.95. The summed E-state index contributed by atoms with van der Waals surface area (Å²) < 4.78 is 1.76. The van der Waals surface area contributed by atoms with Gasteiger partial charge < -0.3 is 5.73 Å². The molecule has 0 saturated heterocycles. The van der Waals surface area contributed by atoms with Crippen LogP contribution in [0.25, 0.3) is 11.1 Å². The normalized spacial score (nSPS) is 10.8. The minimum Gasteiger partial charge on any atom is -0.383 e. The molecule has 102 valence electrons. The Hall–Kier alpha value is -1.84. The molecule has 4 nitrogen and oxygen atoms in total. The molecule has 0 amide bonds. The van der Waals surface area contributed by atoms with Gasteiger partial charge in [-0.25, -0.2) is 0 Å². The van der Waals surface area contributed by atoms with Crippen molar-refractivity contribution in [3.05, 3.63) is 30.2 Å². The fraction of sp³-hybridized carbons (Fsp3) is 0.467. The molecule has 2 N–H and O–H groups in total. The van der Waals surface area contributed by atoms with Crippen LogP contribution in [-0.2, 0) is 13.5 Å². The molecule has 2 rings (SSSR count). The third-order valence-electron chi connectivity index (χ3n) is 3.38. The molecule has 0 fully saturated rings. The molecule has 0 saturated carbocycles. The average Bonchev–Trinajstić information content (AvgIpc) is 2.71. The largest absolute Gasteiger partial charge is 0.383 e. The van der Waals surface area contributed by atoms with E-state index in [0.717, 1.165) is 35.5 Å². The van der Waals surface area contributed by atoms with Gasteiger partial charge in [-0.05, 0) is 18.9 Å². The first-order chi connectivity index (χ1) is 9.24. The Balaban J connectivity index is 2.22. The summed E-state index contributed by atoms with van der Waals surface area (Å²) in [7, 11) is 1.89. The van der Waals surface area contributed by atoms with Gasteiger partial charge >= 0.3 is 0 Å². The molecular formula is C15H22N4. The third kappa shape index (κ3) is 3.13. The van der Waals surface area contributed by atoms with E-state index in [0.29, 0.717) is 0 Å². The third-order valence-corrected chi connectivity index (χ3v) is 3.38. The maximum absolute atomic E-state index is 6.14. The molecule has 0 aliphatic rings. The highest BCUT2D eigenvalue weighted by Crippen LogP contribution is 2.29. The standard InChI is InChI=1S/C15H22N4/c1-3-4-5-6-9-13-14(15(16)19(2)18-13)12-8-7-10-17-11-12/h7-8,10-11H,3-6,9,16H2,1-2H3. The summed E-state index contributed by atoms with van der Waals surface area (Å²) in [6.45, 7) is 2.22. The molecule has 0 spiro atoms. The molecule has 0 bridgehead atoms. The SMILES string of the molecule is CCCCCCc1nn(C)c(N)c1-c1cccnc1. The van der Waals surface area contributed by atoms with Gasteiger partial charge in [0.2, 0.25) is 0 Å². The molecule has 0 unspecified atom stereocenters. The van der Waals surface area contributed by atoms with Crippen LogP contribution in [0, 0.1) is 0 Å². The Morgan fingerprint density at radius 2 is 2.11 bits per heavy atom. The monoisotopic (exact) mass is 258 g/mol. The van der Waals surface area contributed by atoms with Gasteiger partial charge in [0.25, 0.3) is 0 Å². The van der Waals surface area contributed by atoms with Crippen molar-refractivity contribution < 1.29 is 0 Å². The Kier molecular flexibility index (Phi) is 4.55. The number of nitrogens with zero attached hydrogens (tertiary/aromatic N) is 3. The van der Waals surface area contributed by atoms with Crippen molar-refractivity contribution in [1.82, 2.24) is 14.8 Å². The van der Waals surface area contributed by atoms with E-state index in [2.05, 4.69) is 17.0 Å². The number of nitrogens with two attached hydrogens (primary N) is 1. The average molecular weight is 258 g/mol. The summed E-state index contributed by atoms with van der Waals surface area (Å²) in [5.41, 5.74) is 9.33. The van der Waals surface area contributed by atoms with Crippen LogP contribution in [0.15, 0.2) is 24.5 Å². The highest BCUT2D eigenvalue weighted by atomic mass is 15.3. The minimum atomic E-state index is 0.721. The zero-order chi connectivity index (χ0) is 13.7. The number of nitrogen functional groups attached to an aromatic ring is 1. The van der Waals surface area contributed by atoms with Crippen molar-refractivity contribution in [2.24, 2.45) is 7.05 Å². The lowest BCUT2D eigenvalue weighted by atomic mass is 10.0. The van der Waals surface area contributed by atoms with E-state index in [-0.39, 0.29) is 0 Å². The first-order valence-corrected chi connectivity index (χ1v) is 6.95. The fourth-order valence-electron chi connectivity index (χ4n) is 2.31. The van der Waals surface area contributed by atoms with Gasteiger partial charge in [-0.2, -0.15) is 5.10 Å². The van der Waals surface area contributed by atoms with Crippen LogP contribution >= 0.6 is 0 Å². The van der Waals surface area contributed by atoms with Gasteiger partial charge in [-0.3, -0.25) is 9.67 Å². The van der Waals surface area contributed by atoms with E-state index in [9.17, 15) is 0 Å².